The second kappa shape index (κ2) is 6.22. The Labute approximate surface area is 95.6 Å². The summed E-state index contributed by atoms with van der Waals surface area (Å²) in [5.74, 6) is 1.39. The molecule has 0 aromatic carbocycles. The van der Waals surface area contributed by atoms with Crippen LogP contribution in [0.1, 0.15) is 26.1 Å². The lowest BCUT2D eigenvalue weighted by Gasteiger charge is -2.08. The Kier molecular flexibility index (Phi) is 4.91. The molecule has 0 unspecified atom stereocenters. The molecule has 0 radical (unpaired) electrons. The Morgan fingerprint density at radius 1 is 1.31 bits per heavy atom. The summed E-state index contributed by atoms with van der Waals surface area (Å²) < 4.78 is 5.41. The van der Waals surface area contributed by atoms with Gasteiger partial charge in [-0.15, -0.1) is 0 Å². The Morgan fingerprint density at radius 2 is 2.06 bits per heavy atom. The van der Waals surface area contributed by atoms with Crippen molar-refractivity contribution in [2.45, 2.75) is 33.3 Å². The second-order valence-corrected chi connectivity index (χ2v) is 3.76. The van der Waals surface area contributed by atoms with Gasteiger partial charge in [0.1, 0.15) is 5.82 Å². The second-order valence-electron chi connectivity index (χ2n) is 3.76. The maximum atomic E-state index is 5.50. The van der Waals surface area contributed by atoms with E-state index in [9.17, 15) is 0 Å². The number of ether oxygens (including phenoxy) is 1. The monoisotopic (exact) mass is 225 g/mol. The van der Waals surface area contributed by atoms with Gasteiger partial charge in [0, 0.05) is 13.2 Å². The zero-order valence-electron chi connectivity index (χ0n) is 10.0. The normalized spacial score (nSPS) is 10.8. The van der Waals surface area contributed by atoms with E-state index >= 15 is 0 Å². The van der Waals surface area contributed by atoms with Crippen LogP contribution in [-0.2, 0) is 4.74 Å². The van der Waals surface area contributed by atoms with E-state index in [1.807, 2.05) is 13.8 Å². The average molecular weight is 225 g/mol. The maximum absolute atomic E-state index is 5.50. The molecule has 6 heteroatoms. The molecule has 0 spiro atoms. The zero-order chi connectivity index (χ0) is 12.0. The van der Waals surface area contributed by atoms with E-state index < -0.39 is 0 Å². The third-order valence-electron chi connectivity index (χ3n) is 1.82. The molecule has 3 N–H and O–H groups in total. The number of hydrogen-bond acceptors (Lipinski definition) is 6. The Hall–Kier alpha value is -1.43. The van der Waals surface area contributed by atoms with Gasteiger partial charge < -0.3 is 15.8 Å². The van der Waals surface area contributed by atoms with E-state index in [1.165, 1.54) is 0 Å². The van der Waals surface area contributed by atoms with Gasteiger partial charge in [0.25, 0.3) is 0 Å². The average Bonchev–Trinajstić information content (AvgIpc) is 2.15. The zero-order valence-corrected chi connectivity index (χ0v) is 10.0. The van der Waals surface area contributed by atoms with E-state index in [0.29, 0.717) is 11.8 Å². The summed E-state index contributed by atoms with van der Waals surface area (Å²) in [6.45, 7) is 7.30. The highest BCUT2D eigenvalue weighted by atomic mass is 16.5. The molecular formula is C10H19N5O. The molecule has 1 heterocycles. The molecule has 0 aliphatic heterocycles. The number of aryl methyl sites for hydroxylation is 1. The lowest BCUT2D eigenvalue weighted by atomic mass is 10.4. The minimum absolute atomic E-state index is 0.244. The van der Waals surface area contributed by atoms with Crippen LogP contribution in [0.4, 0.5) is 11.9 Å². The number of nitrogens with two attached hydrogens (primary N) is 1. The molecular weight excluding hydrogens is 206 g/mol. The summed E-state index contributed by atoms with van der Waals surface area (Å²) in [6.07, 6.45) is 1.18. The fourth-order valence-corrected chi connectivity index (χ4v) is 1.17. The molecule has 0 aliphatic rings. The van der Waals surface area contributed by atoms with Crippen LogP contribution in [0, 0.1) is 6.92 Å². The fraction of sp³-hybridized carbons (Fsp3) is 0.700. The summed E-state index contributed by atoms with van der Waals surface area (Å²) in [5.41, 5.74) is 5.50. The first-order chi connectivity index (χ1) is 7.58. The SMILES string of the molecule is Cc1nc(N)nc(NCCCOC(C)C)n1. The molecule has 0 atom stereocenters. The lowest BCUT2D eigenvalue weighted by Crippen LogP contribution is -2.12. The van der Waals surface area contributed by atoms with Crippen LogP contribution < -0.4 is 11.1 Å². The van der Waals surface area contributed by atoms with Crippen LogP contribution in [-0.4, -0.2) is 34.2 Å². The largest absolute Gasteiger partial charge is 0.379 e. The van der Waals surface area contributed by atoms with Gasteiger partial charge in [0.2, 0.25) is 11.9 Å². The smallest absolute Gasteiger partial charge is 0.227 e. The molecule has 0 saturated heterocycles. The molecule has 90 valence electrons. The van der Waals surface area contributed by atoms with E-state index in [2.05, 4.69) is 20.3 Å². The summed E-state index contributed by atoms with van der Waals surface area (Å²) in [5, 5.41) is 3.08. The highest BCUT2D eigenvalue weighted by Gasteiger charge is 2.00. The van der Waals surface area contributed by atoms with Crippen molar-refractivity contribution in [2.75, 3.05) is 24.2 Å². The highest BCUT2D eigenvalue weighted by molar-refractivity contribution is 5.30. The van der Waals surface area contributed by atoms with Gasteiger partial charge >= 0.3 is 0 Å². The van der Waals surface area contributed by atoms with Crippen molar-refractivity contribution in [2.24, 2.45) is 0 Å². The standard InChI is InChI=1S/C10H19N5O/c1-7(2)16-6-4-5-12-10-14-8(3)13-9(11)15-10/h7H,4-6H2,1-3H3,(H3,11,12,13,14,15). The third-order valence-corrected chi connectivity index (χ3v) is 1.82. The molecule has 1 aromatic heterocycles. The van der Waals surface area contributed by atoms with Crippen LogP contribution >= 0.6 is 0 Å². The van der Waals surface area contributed by atoms with Crippen molar-refractivity contribution in [3.8, 4) is 0 Å². The number of hydrogen-bond donors (Lipinski definition) is 2. The van der Waals surface area contributed by atoms with Crippen molar-refractivity contribution in [1.29, 1.82) is 0 Å². The van der Waals surface area contributed by atoms with Crippen molar-refractivity contribution in [3.63, 3.8) is 0 Å². The molecule has 16 heavy (non-hydrogen) atoms. The first kappa shape index (κ1) is 12.6. The van der Waals surface area contributed by atoms with Gasteiger partial charge in [0.05, 0.1) is 6.10 Å². The van der Waals surface area contributed by atoms with E-state index in [1.54, 1.807) is 6.92 Å². The number of anilines is 2. The predicted molar refractivity (Wildman–Crippen MR) is 63.2 cm³/mol. The van der Waals surface area contributed by atoms with Gasteiger partial charge in [0.15, 0.2) is 0 Å². The highest BCUT2D eigenvalue weighted by Crippen LogP contribution is 2.01. The van der Waals surface area contributed by atoms with E-state index in [0.717, 1.165) is 19.6 Å². The number of nitrogens with one attached hydrogen (secondary N) is 1. The number of rotatable bonds is 6. The molecule has 0 aliphatic carbocycles. The molecule has 1 aromatic rings. The summed E-state index contributed by atoms with van der Waals surface area (Å²) in [7, 11) is 0. The minimum Gasteiger partial charge on any atom is -0.379 e. The molecule has 0 fully saturated rings. The van der Waals surface area contributed by atoms with Crippen molar-refractivity contribution >= 4 is 11.9 Å². The summed E-state index contributed by atoms with van der Waals surface area (Å²) >= 11 is 0. The lowest BCUT2D eigenvalue weighted by molar-refractivity contribution is 0.0787. The molecule has 6 nitrogen and oxygen atoms in total. The van der Waals surface area contributed by atoms with Crippen molar-refractivity contribution in [3.05, 3.63) is 5.82 Å². The molecule has 0 bridgehead atoms. The number of nitrogens with zero attached hydrogens (tertiary/aromatic N) is 3. The fourth-order valence-electron chi connectivity index (χ4n) is 1.17. The van der Waals surface area contributed by atoms with Crippen molar-refractivity contribution in [1.82, 2.24) is 15.0 Å². The van der Waals surface area contributed by atoms with Crippen molar-refractivity contribution < 1.29 is 4.74 Å². The summed E-state index contributed by atoms with van der Waals surface area (Å²) in [6, 6.07) is 0. The van der Waals surface area contributed by atoms with Gasteiger partial charge in [-0.25, -0.2) is 0 Å². The molecule has 0 amide bonds. The van der Waals surface area contributed by atoms with Gasteiger partial charge in [-0.1, -0.05) is 0 Å². The third kappa shape index (κ3) is 4.88. The first-order valence-corrected chi connectivity index (χ1v) is 5.41. The molecule has 0 saturated carbocycles. The Morgan fingerprint density at radius 3 is 2.69 bits per heavy atom. The topological polar surface area (TPSA) is 86.0 Å². The van der Waals surface area contributed by atoms with Crippen LogP contribution in [0.25, 0.3) is 0 Å². The Balaban J connectivity index is 2.26. The minimum atomic E-state index is 0.244. The van der Waals surface area contributed by atoms with E-state index in [-0.39, 0.29) is 12.1 Å². The van der Waals surface area contributed by atoms with Crippen LogP contribution in [0.15, 0.2) is 0 Å². The van der Waals surface area contributed by atoms with Crippen LogP contribution in [0.5, 0.6) is 0 Å². The number of nitrogen functional groups attached to an aromatic ring is 1. The van der Waals surface area contributed by atoms with Gasteiger partial charge in [-0.3, -0.25) is 0 Å². The van der Waals surface area contributed by atoms with Crippen LogP contribution in [0.3, 0.4) is 0 Å². The molecule has 1 rings (SSSR count). The van der Waals surface area contributed by atoms with Gasteiger partial charge in [-0.2, -0.15) is 15.0 Å². The summed E-state index contributed by atoms with van der Waals surface area (Å²) in [4.78, 5) is 12.0. The maximum Gasteiger partial charge on any atom is 0.227 e. The first-order valence-electron chi connectivity index (χ1n) is 5.41. The van der Waals surface area contributed by atoms with Gasteiger partial charge in [-0.05, 0) is 27.2 Å². The number of aromatic nitrogens is 3. The quantitative estimate of drug-likeness (QED) is 0.702. The Bertz CT molecular complexity index is 309. The van der Waals surface area contributed by atoms with E-state index in [4.69, 9.17) is 10.5 Å². The predicted octanol–water partition coefficient (Wildman–Crippen LogP) is 0.989. The van der Waals surface area contributed by atoms with Crippen LogP contribution in [0.2, 0.25) is 0 Å².